The number of carbonyl (C=O) groups excluding carboxylic acids is 1. The molecule has 0 aliphatic heterocycles. The van der Waals surface area contributed by atoms with Crippen molar-refractivity contribution in [2.24, 2.45) is 0 Å². The maximum Gasteiger partial charge on any atom is 0.329 e. The number of aliphatic carboxylic acids is 1. The van der Waals surface area contributed by atoms with Crippen molar-refractivity contribution in [3.63, 3.8) is 0 Å². The van der Waals surface area contributed by atoms with Crippen LogP contribution < -0.4 is 5.32 Å². The van der Waals surface area contributed by atoms with E-state index in [0.29, 0.717) is 11.3 Å². The van der Waals surface area contributed by atoms with E-state index in [-0.39, 0.29) is 5.91 Å². The summed E-state index contributed by atoms with van der Waals surface area (Å²) < 4.78 is 0. The molecule has 0 saturated heterocycles. The second kappa shape index (κ2) is 5.95. The molecule has 0 aliphatic carbocycles. The molecule has 1 atom stereocenters. The largest absolute Gasteiger partial charge is 0.480 e. The lowest BCUT2D eigenvalue weighted by atomic mass is 9.99. The average Bonchev–Trinajstić information content (AvgIpc) is 2.77. The van der Waals surface area contributed by atoms with Crippen LogP contribution in [-0.2, 0) is 11.2 Å². The van der Waals surface area contributed by atoms with Crippen molar-refractivity contribution < 1.29 is 14.7 Å². The summed E-state index contributed by atoms with van der Waals surface area (Å²) in [6.45, 7) is 5.27. The van der Waals surface area contributed by atoms with E-state index in [1.807, 2.05) is 6.92 Å². The molecule has 1 rings (SSSR count). The molecule has 0 bridgehead atoms. The number of carbonyl (C=O) groups is 2. The molecule has 1 heterocycles. The van der Waals surface area contributed by atoms with Gasteiger partial charge >= 0.3 is 5.97 Å². The van der Waals surface area contributed by atoms with Gasteiger partial charge < -0.3 is 10.4 Å². The Hall–Kier alpha value is -1.43. The fourth-order valence-corrected chi connectivity index (χ4v) is 2.26. The Morgan fingerprint density at radius 2 is 2.17 bits per heavy atom. The van der Waals surface area contributed by atoms with Crippen LogP contribution in [0.2, 0.25) is 0 Å². The molecule has 5 nitrogen and oxygen atoms in total. The van der Waals surface area contributed by atoms with Gasteiger partial charge in [0, 0.05) is 0 Å². The van der Waals surface area contributed by atoms with Crippen LogP contribution >= 0.6 is 11.3 Å². The van der Waals surface area contributed by atoms with Gasteiger partial charge in [-0.3, -0.25) is 4.79 Å². The molecule has 0 aromatic carbocycles. The molecule has 0 spiro atoms. The molecule has 0 saturated carbocycles. The Bertz CT molecular complexity index is 444. The van der Waals surface area contributed by atoms with Crippen molar-refractivity contribution in [1.29, 1.82) is 0 Å². The van der Waals surface area contributed by atoms with Crippen molar-refractivity contribution in [3.8, 4) is 0 Å². The third kappa shape index (κ3) is 3.29. The van der Waals surface area contributed by atoms with Crippen molar-refractivity contribution in [3.05, 3.63) is 16.1 Å². The topological polar surface area (TPSA) is 79.3 Å². The molecule has 1 amide bonds. The highest BCUT2D eigenvalue weighted by Crippen LogP contribution is 2.17. The molecule has 100 valence electrons. The van der Waals surface area contributed by atoms with Crippen molar-refractivity contribution in [2.75, 3.05) is 0 Å². The van der Waals surface area contributed by atoms with E-state index in [1.54, 1.807) is 6.92 Å². The molecular weight excluding hydrogens is 252 g/mol. The molecule has 18 heavy (non-hydrogen) atoms. The molecule has 2 N–H and O–H groups in total. The van der Waals surface area contributed by atoms with Gasteiger partial charge in [-0.15, -0.1) is 11.3 Å². The third-order valence-corrected chi connectivity index (χ3v) is 3.87. The summed E-state index contributed by atoms with van der Waals surface area (Å²) in [6, 6.07) is 0. The molecule has 6 heteroatoms. The Labute approximate surface area is 110 Å². The van der Waals surface area contributed by atoms with E-state index in [2.05, 4.69) is 10.3 Å². The van der Waals surface area contributed by atoms with Gasteiger partial charge in [-0.2, -0.15) is 0 Å². The smallest absolute Gasteiger partial charge is 0.329 e. The highest BCUT2D eigenvalue weighted by Gasteiger charge is 2.33. The second-order valence-electron chi connectivity index (χ2n) is 4.31. The first-order valence-corrected chi connectivity index (χ1v) is 6.75. The number of hydrogen-bond acceptors (Lipinski definition) is 4. The molecule has 0 fully saturated rings. The van der Waals surface area contributed by atoms with Crippen molar-refractivity contribution in [2.45, 2.75) is 45.6 Å². The van der Waals surface area contributed by atoms with E-state index in [4.69, 9.17) is 5.11 Å². The van der Waals surface area contributed by atoms with Crippen molar-refractivity contribution in [1.82, 2.24) is 10.3 Å². The number of aryl methyl sites for hydroxylation is 1. The standard InChI is InChI=1S/C12H18N2O3S/c1-4-6-9-13-7-8(18-9)10(15)14-12(3,5-2)11(16)17/h7H,4-6H2,1-3H3,(H,14,15)(H,16,17). The number of rotatable bonds is 6. The molecule has 1 aromatic heterocycles. The van der Waals surface area contributed by atoms with Crippen LogP contribution in [0.5, 0.6) is 0 Å². The Kier molecular flexibility index (Phi) is 4.84. The van der Waals surface area contributed by atoms with Crippen LogP contribution in [0.3, 0.4) is 0 Å². The number of thiazole rings is 1. The van der Waals surface area contributed by atoms with E-state index >= 15 is 0 Å². The van der Waals surface area contributed by atoms with E-state index in [0.717, 1.165) is 17.8 Å². The Morgan fingerprint density at radius 1 is 1.50 bits per heavy atom. The summed E-state index contributed by atoms with van der Waals surface area (Å²) >= 11 is 1.31. The average molecular weight is 270 g/mol. The fraction of sp³-hybridized carbons (Fsp3) is 0.583. The third-order valence-electron chi connectivity index (χ3n) is 2.81. The van der Waals surface area contributed by atoms with Crippen LogP contribution in [0, 0.1) is 0 Å². The Morgan fingerprint density at radius 3 is 2.67 bits per heavy atom. The van der Waals surface area contributed by atoms with Crippen molar-refractivity contribution >= 4 is 23.2 Å². The summed E-state index contributed by atoms with van der Waals surface area (Å²) in [5.41, 5.74) is -1.23. The minimum Gasteiger partial charge on any atom is -0.480 e. The number of nitrogens with one attached hydrogen (secondary N) is 1. The first-order chi connectivity index (χ1) is 8.42. The van der Waals surface area contributed by atoms with Crippen LogP contribution in [-0.4, -0.2) is 27.5 Å². The SMILES string of the molecule is CCCc1ncc(C(=O)NC(C)(CC)C(=O)O)s1. The van der Waals surface area contributed by atoms with Crippen LogP contribution in [0.1, 0.15) is 48.3 Å². The summed E-state index contributed by atoms with van der Waals surface area (Å²) in [5.74, 6) is -1.40. The number of amides is 1. The summed E-state index contributed by atoms with van der Waals surface area (Å²) in [6.07, 6.45) is 3.63. The number of nitrogens with zero attached hydrogens (tertiary/aromatic N) is 1. The van der Waals surface area contributed by atoms with Gasteiger partial charge in [0.25, 0.3) is 5.91 Å². The quantitative estimate of drug-likeness (QED) is 0.829. The molecule has 0 aliphatic rings. The molecule has 1 unspecified atom stereocenters. The summed E-state index contributed by atoms with van der Waals surface area (Å²) in [7, 11) is 0. The number of hydrogen-bond donors (Lipinski definition) is 2. The maximum atomic E-state index is 11.9. The minimum atomic E-state index is -1.23. The van der Waals surface area contributed by atoms with E-state index < -0.39 is 11.5 Å². The van der Waals surface area contributed by atoms with Crippen LogP contribution in [0.25, 0.3) is 0 Å². The number of carboxylic acids is 1. The highest BCUT2D eigenvalue weighted by atomic mass is 32.1. The number of carboxylic acid groups (broad SMARTS) is 1. The van der Waals surface area contributed by atoms with Crippen LogP contribution in [0.4, 0.5) is 0 Å². The highest BCUT2D eigenvalue weighted by molar-refractivity contribution is 7.13. The summed E-state index contributed by atoms with van der Waals surface area (Å²) in [4.78, 5) is 27.6. The first kappa shape index (κ1) is 14.6. The fourth-order valence-electron chi connectivity index (χ4n) is 1.35. The predicted octanol–water partition coefficient (Wildman–Crippen LogP) is 2.08. The molecular formula is C12H18N2O3S. The van der Waals surface area contributed by atoms with Crippen LogP contribution in [0.15, 0.2) is 6.20 Å². The second-order valence-corrected chi connectivity index (χ2v) is 5.43. The Balaban J connectivity index is 2.78. The van der Waals surface area contributed by atoms with Gasteiger partial charge in [0.2, 0.25) is 0 Å². The van der Waals surface area contributed by atoms with Gasteiger partial charge in [0.15, 0.2) is 0 Å². The zero-order valence-corrected chi connectivity index (χ0v) is 11.6. The predicted molar refractivity (Wildman–Crippen MR) is 69.9 cm³/mol. The van der Waals surface area contributed by atoms with Gasteiger partial charge in [-0.1, -0.05) is 13.8 Å². The van der Waals surface area contributed by atoms with Gasteiger partial charge in [-0.05, 0) is 26.2 Å². The van der Waals surface area contributed by atoms with E-state index in [1.165, 1.54) is 24.5 Å². The number of aromatic nitrogens is 1. The molecule has 0 radical (unpaired) electrons. The lowest BCUT2D eigenvalue weighted by molar-refractivity contribution is -0.143. The first-order valence-electron chi connectivity index (χ1n) is 5.93. The monoisotopic (exact) mass is 270 g/mol. The zero-order valence-electron chi connectivity index (χ0n) is 10.8. The van der Waals surface area contributed by atoms with Gasteiger partial charge in [0.1, 0.15) is 10.4 Å². The van der Waals surface area contributed by atoms with Gasteiger partial charge in [-0.25, -0.2) is 9.78 Å². The maximum absolute atomic E-state index is 11.9. The molecule has 1 aromatic rings. The van der Waals surface area contributed by atoms with E-state index in [9.17, 15) is 9.59 Å². The summed E-state index contributed by atoms with van der Waals surface area (Å²) in [5, 5.41) is 12.5. The zero-order chi connectivity index (χ0) is 13.8. The lowest BCUT2D eigenvalue weighted by Gasteiger charge is -2.23. The van der Waals surface area contributed by atoms with Gasteiger partial charge in [0.05, 0.1) is 11.2 Å². The minimum absolute atomic E-state index is 0.328. The lowest BCUT2D eigenvalue weighted by Crippen LogP contribution is -2.51. The normalized spacial score (nSPS) is 13.9.